The number of phenols is 1. The fourth-order valence-corrected chi connectivity index (χ4v) is 4.62. The zero-order chi connectivity index (χ0) is 18.9. The Morgan fingerprint density at radius 3 is 2.65 bits per heavy atom. The molecule has 0 fully saturated rings. The van der Waals surface area contributed by atoms with E-state index >= 15 is 0 Å². The summed E-state index contributed by atoms with van der Waals surface area (Å²) in [6, 6.07) is 3.98. The molecule has 0 amide bonds. The number of aromatic hydroxyl groups is 1. The maximum Gasteiger partial charge on any atom is 0.524 e. The fraction of sp³-hybridized carbons (Fsp3) is 0.368. The Balaban J connectivity index is 2.18. The second-order valence-electron chi connectivity index (χ2n) is 7.63. The maximum atomic E-state index is 11.5. The molecule has 1 aliphatic rings. The van der Waals surface area contributed by atoms with Crippen molar-refractivity contribution in [3.63, 3.8) is 0 Å². The van der Waals surface area contributed by atoms with Crippen LogP contribution in [0.25, 0.3) is 21.7 Å². The van der Waals surface area contributed by atoms with Crippen LogP contribution in [0.2, 0.25) is 0 Å². The molecule has 3 aromatic rings. The molecule has 1 aliphatic carbocycles. The van der Waals surface area contributed by atoms with Crippen LogP contribution in [0.4, 0.5) is 0 Å². The van der Waals surface area contributed by atoms with E-state index in [2.05, 4.69) is 19.9 Å². The van der Waals surface area contributed by atoms with Gasteiger partial charge in [0.25, 0.3) is 0 Å². The van der Waals surface area contributed by atoms with Gasteiger partial charge < -0.3 is 14.0 Å². The third kappa shape index (κ3) is 2.52. The van der Waals surface area contributed by atoms with E-state index in [-0.39, 0.29) is 16.9 Å². The summed E-state index contributed by atoms with van der Waals surface area (Å²) in [6.45, 7) is 6.07. The van der Waals surface area contributed by atoms with E-state index in [1.807, 2.05) is 6.07 Å². The number of hydrogen-bond acceptors (Lipinski definition) is 4. The van der Waals surface area contributed by atoms with Gasteiger partial charge >= 0.3 is 7.82 Å². The first-order chi connectivity index (χ1) is 12.1. The van der Waals surface area contributed by atoms with Crippen molar-refractivity contribution in [2.45, 2.75) is 45.4 Å². The largest absolute Gasteiger partial charge is 0.524 e. The number of hydrogen-bond donors (Lipinski definition) is 3. The highest BCUT2D eigenvalue weighted by molar-refractivity contribution is 7.46. The van der Waals surface area contributed by atoms with Crippen LogP contribution in [0.1, 0.15) is 43.4 Å². The molecular weight excluding hydrogens is 355 g/mol. The molecule has 6 nitrogen and oxygen atoms in total. The van der Waals surface area contributed by atoms with E-state index < -0.39 is 7.82 Å². The van der Waals surface area contributed by atoms with Gasteiger partial charge in [-0.2, -0.15) is 0 Å². The van der Waals surface area contributed by atoms with Gasteiger partial charge in [-0.3, -0.25) is 9.79 Å². The average molecular weight is 376 g/mol. The van der Waals surface area contributed by atoms with Crippen molar-refractivity contribution in [3.05, 3.63) is 35.1 Å². The predicted octanol–water partition coefficient (Wildman–Crippen LogP) is 4.69. The zero-order valence-corrected chi connectivity index (χ0v) is 15.8. The maximum absolute atomic E-state index is 11.5. The van der Waals surface area contributed by atoms with E-state index in [4.69, 9.17) is 8.94 Å². The molecule has 4 rings (SSSR count). The third-order valence-corrected chi connectivity index (χ3v) is 5.80. The van der Waals surface area contributed by atoms with Crippen molar-refractivity contribution in [2.24, 2.45) is 0 Å². The second kappa shape index (κ2) is 5.49. The van der Waals surface area contributed by atoms with Gasteiger partial charge in [-0.05, 0) is 48.3 Å². The molecule has 1 aromatic heterocycles. The van der Waals surface area contributed by atoms with Crippen molar-refractivity contribution in [2.75, 3.05) is 0 Å². The highest BCUT2D eigenvalue weighted by Gasteiger charge is 2.32. The number of phosphoric acid groups is 1. The Kier molecular flexibility index (Phi) is 3.68. The summed E-state index contributed by atoms with van der Waals surface area (Å²) in [7, 11) is -4.85. The Hall–Kier alpha value is -2.01. The first-order valence-corrected chi connectivity index (χ1v) is 10.1. The van der Waals surface area contributed by atoms with Gasteiger partial charge in [0.05, 0.1) is 11.6 Å². The molecule has 0 unspecified atom stereocenters. The topological polar surface area (TPSA) is 100 Å². The van der Waals surface area contributed by atoms with Crippen LogP contribution in [0.15, 0.2) is 22.8 Å². The highest BCUT2D eigenvalue weighted by atomic mass is 31.2. The number of phenolic OH excluding ortho intramolecular Hbond substituents is 1. The summed E-state index contributed by atoms with van der Waals surface area (Å²) in [5.41, 5.74) is 3.19. The molecule has 26 heavy (non-hydrogen) atoms. The summed E-state index contributed by atoms with van der Waals surface area (Å²) in [5.74, 6) is -0.460. The van der Waals surface area contributed by atoms with Crippen molar-refractivity contribution in [3.8, 4) is 11.5 Å². The third-order valence-electron chi connectivity index (χ3n) is 5.38. The van der Waals surface area contributed by atoms with Crippen LogP contribution in [0.3, 0.4) is 0 Å². The number of rotatable bonds is 2. The molecule has 0 bridgehead atoms. The number of furan rings is 1. The lowest BCUT2D eigenvalue weighted by atomic mass is 9.71. The smallest absolute Gasteiger partial charge is 0.504 e. The van der Waals surface area contributed by atoms with E-state index in [0.29, 0.717) is 21.9 Å². The molecule has 3 N–H and O–H groups in total. The van der Waals surface area contributed by atoms with Crippen LogP contribution in [0.5, 0.6) is 11.5 Å². The van der Waals surface area contributed by atoms with Crippen molar-refractivity contribution < 1.29 is 28.4 Å². The minimum Gasteiger partial charge on any atom is -0.504 e. The SMILES string of the molecule is Cc1coc2c1c(OP(=O)(O)O)c(O)c1c3c(ccc12)C(C)(C)CCC3. The molecule has 2 aromatic carbocycles. The van der Waals surface area contributed by atoms with E-state index in [9.17, 15) is 19.5 Å². The number of benzene rings is 2. The normalized spacial score (nSPS) is 16.8. The molecule has 0 saturated heterocycles. The standard InChI is InChI=1S/C19H21O6P/c1-10-9-24-17-12-6-7-13-11(5-4-8-19(13,2)3)15(12)16(20)18(14(10)17)25-26(21,22)23/h6-7,9,20H,4-5,8H2,1-3H3,(H2,21,22,23). The van der Waals surface area contributed by atoms with Crippen LogP contribution in [-0.2, 0) is 16.4 Å². The lowest BCUT2D eigenvalue weighted by molar-refractivity contribution is 0.279. The number of phosphoric ester groups is 1. The Bertz CT molecular complexity index is 1090. The lowest BCUT2D eigenvalue weighted by Gasteiger charge is -2.33. The van der Waals surface area contributed by atoms with Crippen LogP contribution in [0, 0.1) is 6.92 Å². The second-order valence-corrected chi connectivity index (χ2v) is 8.80. The molecule has 7 heteroatoms. The van der Waals surface area contributed by atoms with Crippen molar-refractivity contribution >= 4 is 29.6 Å². The van der Waals surface area contributed by atoms with Gasteiger partial charge in [-0.1, -0.05) is 26.0 Å². The van der Waals surface area contributed by atoms with E-state index in [0.717, 1.165) is 35.8 Å². The molecular formula is C19H21O6P. The summed E-state index contributed by atoms with van der Waals surface area (Å²) in [6.07, 6.45) is 4.30. The van der Waals surface area contributed by atoms with E-state index in [1.54, 1.807) is 6.92 Å². The number of fused-ring (bicyclic) bond motifs is 5. The Morgan fingerprint density at radius 1 is 1.23 bits per heavy atom. The van der Waals surface area contributed by atoms with Gasteiger partial charge in [-0.15, -0.1) is 0 Å². The van der Waals surface area contributed by atoms with Gasteiger partial charge in [0.15, 0.2) is 11.5 Å². The number of aryl methyl sites for hydroxylation is 2. The van der Waals surface area contributed by atoms with Gasteiger partial charge in [-0.25, -0.2) is 4.57 Å². The molecule has 1 heterocycles. The summed E-state index contributed by atoms with van der Waals surface area (Å²) >= 11 is 0. The minimum absolute atomic E-state index is 0.0352. The molecule has 0 spiro atoms. The molecule has 0 saturated carbocycles. The quantitative estimate of drug-likeness (QED) is 0.561. The Morgan fingerprint density at radius 2 is 1.96 bits per heavy atom. The van der Waals surface area contributed by atoms with E-state index in [1.165, 1.54) is 6.26 Å². The van der Waals surface area contributed by atoms with Crippen molar-refractivity contribution in [1.29, 1.82) is 0 Å². The van der Waals surface area contributed by atoms with Crippen molar-refractivity contribution in [1.82, 2.24) is 0 Å². The van der Waals surface area contributed by atoms with Crippen LogP contribution in [-0.4, -0.2) is 14.9 Å². The summed E-state index contributed by atoms with van der Waals surface area (Å²) < 4.78 is 22.1. The van der Waals surface area contributed by atoms with Crippen LogP contribution >= 0.6 is 7.82 Å². The minimum atomic E-state index is -4.85. The summed E-state index contributed by atoms with van der Waals surface area (Å²) in [4.78, 5) is 18.6. The first kappa shape index (κ1) is 17.4. The molecule has 0 aliphatic heterocycles. The summed E-state index contributed by atoms with van der Waals surface area (Å²) in [5, 5.41) is 12.6. The Labute approximate surface area is 150 Å². The fourth-order valence-electron chi connectivity index (χ4n) is 4.21. The van der Waals surface area contributed by atoms with Crippen LogP contribution < -0.4 is 4.52 Å². The first-order valence-electron chi connectivity index (χ1n) is 8.54. The lowest BCUT2D eigenvalue weighted by Crippen LogP contribution is -2.23. The van der Waals surface area contributed by atoms with Gasteiger partial charge in [0.2, 0.25) is 0 Å². The predicted molar refractivity (Wildman–Crippen MR) is 98.8 cm³/mol. The highest BCUT2D eigenvalue weighted by Crippen LogP contribution is 2.53. The van der Waals surface area contributed by atoms with Gasteiger partial charge in [0, 0.05) is 10.8 Å². The van der Waals surface area contributed by atoms with Gasteiger partial charge in [0.1, 0.15) is 5.58 Å². The molecule has 138 valence electrons. The zero-order valence-electron chi connectivity index (χ0n) is 14.9. The molecule has 0 atom stereocenters. The monoisotopic (exact) mass is 376 g/mol. The average Bonchev–Trinajstić information content (AvgIpc) is 2.91. The molecule has 0 radical (unpaired) electrons.